The summed E-state index contributed by atoms with van der Waals surface area (Å²) in [6.45, 7) is 0. The molecule has 0 rings (SSSR count). The molecular formula is H9Li3N10. The fourth-order valence-corrected chi connectivity index (χ4v) is 0.252. The second-order valence-corrected chi connectivity index (χ2v) is 1.05. The second kappa shape index (κ2) is 19.0. The topological polar surface area (TPSA) is 147 Å². The van der Waals surface area contributed by atoms with E-state index in [2.05, 4.69) is 16.6 Å². The van der Waals surface area contributed by atoms with Crippen molar-refractivity contribution in [2.45, 2.75) is 0 Å². The van der Waals surface area contributed by atoms with Gasteiger partial charge in [-0.15, -0.1) is 0 Å². The largest absolute Gasteiger partial charge is 1.00 e. The standard InChI is InChI=1S/3Li.H9N10/c;;;1-4-7-10(8-5-2)9-6-3/h;;;1-9H/q3*+1;-3. The molecule has 0 aromatic heterocycles. The molecule has 0 bridgehead atoms. The van der Waals surface area contributed by atoms with E-state index in [1.54, 1.807) is 16.6 Å². The minimum atomic E-state index is 0. The Hall–Kier alpha value is 1.39. The number of nitrogens with one attached hydrogen (secondary N) is 9. The van der Waals surface area contributed by atoms with Gasteiger partial charge in [0.25, 0.3) is 0 Å². The van der Waals surface area contributed by atoms with Crippen LogP contribution in [0.15, 0.2) is 0 Å². The van der Waals surface area contributed by atoms with E-state index in [-0.39, 0.29) is 56.6 Å². The van der Waals surface area contributed by atoms with E-state index in [9.17, 15) is 0 Å². The van der Waals surface area contributed by atoms with Crippen molar-refractivity contribution in [1.29, 1.82) is 0 Å². The van der Waals surface area contributed by atoms with Crippen LogP contribution in [0.5, 0.6) is 0 Å². The van der Waals surface area contributed by atoms with Gasteiger partial charge >= 0.3 is 56.6 Å². The molecular weight excluding hydrogens is 161 g/mol. The minimum absolute atomic E-state index is 0. The third-order valence-corrected chi connectivity index (χ3v) is 0.503. The van der Waals surface area contributed by atoms with Gasteiger partial charge in [0, 0.05) is 0 Å². The van der Waals surface area contributed by atoms with E-state index in [1.165, 1.54) is 0 Å². The molecule has 0 aliphatic heterocycles. The summed E-state index contributed by atoms with van der Waals surface area (Å²) in [5, 5.41) is 0.896. The molecule has 13 heavy (non-hydrogen) atoms. The van der Waals surface area contributed by atoms with Gasteiger partial charge in [-0.25, -0.2) is 0 Å². The average molecular weight is 170 g/mol. The summed E-state index contributed by atoms with van der Waals surface area (Å²) in [5.41, 5.74) is 11.8. The van der Waals surface area contributed by atoms with E-state index in [4.69, 9.17) is 17.5 Å². The minimum Gasteiger partial charge on any atom is -0.597 e. The summed E-state index contributed by atoms with van der Waals surface area (Å²) in [6.07, 6.45) is 0. The summed E-state index contributed by atoms with van der Waals surface area (Å²) in [4.78, 5) is 0. The Bertz CT molecular complexity index is 52.9. The van der Waals surface area contributed by atoms with Crippen LogP contribution in [0, 0.1) is 0 Å². The van der Waals surface area contributed by atoms with Gasteiger partial charge in [0.2, 0.25) is 0 Å². The van der Waals surface area contributed by atoms with Crippen molar-refractivity contribution in [2.75, 3.05) is 0 Å². The fraction of sp³-hybridized carbons (Fsp3) is 0. The van der Waals surface area contributed by atoms with E-state index < -0.39 is 0 Å². The zero-order valence-electron chi connectivity index (χ0n) is 7.95. The monoisotopic (exact) mass is 170 g/mol. The molecule has 0 saturated carbocycles. The SMILES string of the molecule is [Li+].[Li+].[Li+].[NH-]NNN(NN[NH-])NN[NH-]. The molecule has 62 valence electrons. The number of hydrogen-bond acceptors (Lipinski definition) is 7. The van der Waals surface area contributed by atoms with Crippen LogP contribution in [0.1, 0.15) is 0 Å². The van der Waals surface area contributed by atoms with Crippen molar-refractivity contribution < 1.29 is 56.6 Å². The molecule has 0 unspecified atom stereocenters. The van der Waals surface area contributed by atoms with Crippen LogP contribution in [0.4, 0.5) is 0 Å². The Morgan fingerprint density at radius 3 is 1.00 bits per heavy atom. The number of hydrazine groups is 6. The van der Waals surface area contributed by atoms with Crippen molar-refractivity contribution in [1.82, 2.24) is 38.4 Å². The third kappa shape index (κ3) is 16.1. The van der Waals surface area contributed by atoms with Gasteiger partial charge in [-0.05, 0) is 0 Å². The molecule has 0 amide bonds. The maximum atomic E-state index is 6.43. The van der Waals surface area contributed by atoms with Crippen molar-refractivity contribution in [3.05, 3.63) is 17.5 Å². The molecule has 0 saturated heterocycles. The molecule has 0 aliphatic carbocycles. The Balaban J connectivity index is -0.000000135. The third-order valence-electron chi connectivity index (χ3n) is 0.503. The molecule has 0 heterocycles. The normalized spacial score (nSPS) is 8.31. The van der Waals surface area contributed by atoms with Gasteiger partial charge in [-0.3, -0.25) is 0 Å². The maximum absolute atomic E-state index is 6.43. The number of hydrogen-bond donors (Lipinski definition) is 6. The molecule has 0 aliphatic rings. The quantitative estimate of drug-likeness (QED) is 0.171. The Kier molecular flexibility index (Phi) is 35.0. The Labute approximate surface area is 112 Å². The zero-order chi connectivity index (χ0) is 7.82. The van der Waals surface area contributed by atoms with Gasteiger partial charge in [0.1, 0.15) is 0 Å². The van der Waals surface area contributed by atoms with Crippen LogP contribution in [0.2, 0.25) is 0 Å². The number of rotatable bonds is 6. The van der Waals surface area contributed by atoms with Crippen LogP contribution < -0.4 is 89.8 Å². The molecule has 0 spiro atoms. The summed E-state index contributed by atoms with van der Waals surface area (Å²) in [7, 11) is 0. The first-order chi connectivity index (χ1) is 4.85. The second-order valence-electron chi connectivity index (χ2n) is 1.05. The van der Waals surface area contributed by atoms with Crippen molar-refractivity contribution in [2.24, 2.45) is 0 Å². The van der Waals surface area contributed by atoms with E-state index in [1.807, 2.05) is 0 Å². The van der Waals surface area contributed by atoms with Gasteiger partial charge < -0.3 is 34.1 Å². The van der Waals surface area contributed by atoms with Crippen LogP contribution >= 0.6 is 0 Å². The van der Waals surface area contributed by atoms with Crippen LogP contribution in [0.3, 0.4) is 0 Å². The smallest absolute Gasteiger partial charge is 0.597 e. The van der Waals surface area contributed by atoms with Gasteiger partial charge in [0.05, 0.1) is 0 Å². The van der Waals surface area contributed by atoms with Crippen LogP contribution in [0.25, 0.3) is 17.5 Å². The predicted molar refractivity (Wildman–Crippen MR) is 33.6 cm³/mol. The van der Waals surface area contributed by atoms with Crippen LogP contribution in [-0.4, -0.2) is 5.23 Å². The van der Waals surface area contributed by atoms with Crippen molar-refractivity contribution >= 4 is 0 Å². The molecule has 13 heteroatoms. The molecule has 0 atom stereocenters. The summed E-state index contributed by atoms with van der Waals surface area (Å²) < 4.78 is 0. The number of nitrogens with zero attached hydrogens (tertiary/aromatic N) is 1. The molecule has 0 aromatic carbocycles. The Morgan fingerprint density at radius 2 is 0.846 bits per heavy atom. The molecule has 0 radical (unpaired) electrons. The molecule has 9 N–H and O–H groups in total. The average Bonchev–Trinajstić information content (AvgIpc) is 1.90. The van der Waals surface area contributed by atoms with E-state index in [0.717, 1.165) is 5.23 Å². The van der Waals surface area contributed by atoms with E-state index >= 15 is 0 Å². The Morgan fingerprint density at radius 1 is 0.615 bits per heavy atom. The van der Waals surface area contributed by atoms with Crippen molar-refractivity contribution in [3.8, 4) is 0 Å². The summed E-state index contributed by atoms with van der Waals surface area (Å²) in [5.74, 6) is 19.3. The molecule has 10 nitrogen and oxygen atoms in total. The van der Waals surface area contributed by atoms with Crippen molar-refractivity contribution in [3.63, 3.8) is 0 Å². The summed E-state index contributed by atoms with van der Waals surface area (Å²) >= 11 is 0. The first kappa shape index (κ1) is 23.9. The maximum Gasteiger partial charge on any atom is 1.00 e. The van der Waals surface area contributed by atoms with Gasteiger partial charge in [0.15, 0.2) is 0 Å². The van der Waals surface area contributed by atoms with Gasteiger partial charge in [-0.2, -0.15) is 16.6 Å². The van der Waals surface area contributed by atoms with E-state index in [0.29, 0.717) is 0 Å². The zero-order valence-corrected chi connectivity index (χ0v) is 7.95. The molecule has 0 fully saturated rings. The van der Waals surface area contributed by atoms with Crippen LogP contribution in [-0.2, 0) is 0 Å². The van der Waals surface area contributed by atoms with Gasteiger partial charge in [-0.1, -0.05) is 5.23 Å². The first-order valence-electron chi connectivity index (χ1n) is 2.17. The fourth-order valence-electron chi connectivity index (χ4n) is 0.252. The first-order valence-corrected chi connectivity index (χ1v) is 2.17. The predicted octanol–water partition coefficient (Wildman–Crippen LogP) is -10.8. The molecule has 0 aromatic rings. The summed E-state index contributed by atoms with van der Waals surface area (Å²) in [6, 6.07) is 0.